The van der Waals surface area contributed by atoms with Crippen LogP contribution in [0.4, 0.5) is 15.8 Å². The van der Waals surface area contributed by atoms with Crippen LogP contribution in [0, 0.1) is 5.82 Å². The zero-order chi connectivity index (χ0) is 14.9. The maximum absolute atomic E-state index is 13.3. The molecule has 2 heterocycles. The minimum atomic E-state index is -3.83. The lowest BCUT2D eigenvalue weighted by Crippen LogP contribution is -2.31. The summed E-state index contributed by atoms with van der Waals surface area (Å²) in [7, 11) is -3.83. The minimum Gasteiger partial charge on any atom is -0.383 e. The van der Waals surface area contributed by atoms with Gasteiger partial charge in [0.15, 0.2) is 0 Å². The second-order valence-corrected chi connectivity index (χ2v) is 6.58. The van der Waals surface area contributed by atoms with Gasteiger partial charge in [-0.15, -0.1) is 0 Å². The van der Waals surface area contributed by atoms with Crippen LogP contribution in [0.25, 0.3) is 0 Å². The van der Waals surface area contributed by atoms with Crippen LogP contribution in [0.5, 0.6) is 0 Å². The molecule has 0 saturated heterocycles. The average Bonchev–Trinajstić information content (AvgIpc) is 2.70. The van der Waals surface area contributed by atoms with Crippen molar-refractivity contribution in [3.05, 3.63) is 48.5 Å². The Hall–Kier alpha value is -2.15. The van der Waals surface area contributed by atoms with Gasteiger partial charge in [0.05, 0.1) is 17.6 Å². The molecule has 2 aromatic rings. The van der Waals surface area contributed by atoms with E-state index in [0.29, 0.717) is 25.2 Å². The number of fused-ring (bicyclic) bond motifs is 1. The van der Waals surface area contributed by atoms with E-state index in [1.54, 1.807) is 12.1 Å². The predicted octanol–water partition coefficient (Wildman–Crippen LogP) is 2.23. The number of hydrogen-bond acceptors (Lipinski definition) is 4. The Bertz CT molecular complexity index is 764. The second-order valence-electron chi connectivity index (χ2n) is 4.71. The van der Waals surface area contributed by atoms with Crippen LogP contribution in [0.2, 0.25) is 0 Å². The average molecular weight is 307 g/mol. The molecular formula is C14H14FN3O2S. The molecule has 1 aliphatic heterocycles. The van der Waals surface area contributed by atoms with Crippen molar-refractivity contribution in [3.8, 4) is 0 Å². The Kier molecular flexibility index (Phi) is 3.50. The number of hydrogen-bond donors (Lipinski definition) is 1. The smallest absolute Gasteiger partial charge is 0.266 e. The van der Waals surface area contributed by atoms with Gasteiger partial charge in [-0.05, 0) is 24.6 Å². The van der Waals surface area contributed by atoms with Gasteiger partial charge in [0.2, 0.25) is 0 Å². The molecule has 0 unspecified atom stereocenters. The number of rotatable bonds is 2. The summed E-state index contributed by atoms with van der Waals surface area (Å²) >= 11 is 0. The van der Waals surface area contributed by atoms with Crippen LogP contribution in [0.15, 0.2) is 47.6 Å². The van der Waals surface area contributed by atoms with E-state index in [9.17, 15) is 12.8 Å². The van der Waals surface area contributed by atoms with Crippen LogP contribution < -0.4 is 9.62 Å². The summed E-state index contributed by atoms with van der Waals surface area (Å²) in [6, 6.07) is 8.16. The summed E-state index contributed by atoms with van der Waals surface area (Å²) in [6.07, 6.45) is 2.81. The van der Waals surface area contributed by atoms with E-state index in [1.165, 1.54) is 10.5 Å². The molecule has 0 saturated carbocycles. The summed E-state index contributed by atoms with van der Waals surface area (Å²) in [6.45, 7) is 1.02. The topological polar surface area (TPSA) is 62.3 Å². The highest BCUT2D eigenvalue weighted by Crippen LogP contribution is 2.32. The number of aromatic nitrogens is 1. The highest BCUT2D eigenvalue weighted by atomic mass is 32.2. The fraction of sp³-hybridized carbons (Fsp3) is 0.214. The molecule has 1 N–H and O–H groups in total. The van der Waals surface area contributed by atoms with E-state index < -0.39 is 15.8 Å². The lowest BCUT2D eigenvalue weighted by Gasteiger charge is -2.23. The molecule has 1 aromatic carbocycles. The molecule has 0 aliphatic carbocycles. The normalized spacial score (nSPS) is 15.0. The Morgan fingerprint density at radius 2 is 2.05 bits per heavy atom. The molecule has 0 atom stereocenters. The number of pyridine rings is 1. The molecule has 110 valence electrons. The lowest BCUT2D eigenvalue weighted by atomic mass is 10.2. The largest absolute Gasteiger partial charge is 0.383 e. The Balaban J connectivity index is 2.11. The fourth-order valence-corrected chi connectivity index (χ4v) is 3.81. The quantitative estimate of drug-likeness (QED) is 0.924. The molecular weight excluding hydrogens is 293 g/mol. The summed E-state index contributed by atoms with van der Waals surface area (Å²) in [5, 5.41) is 3.19. The lowest BCUT2D eigenvalue weighted by molar-refractivity contribution is 0.583. The molecule has 0 bridgehead atoms. The van der Waals surface area contributed by atoms with Crippen molar-refractivity contribution in [1.82, 2.24) is 4.98 Å². The molecule has 3 rings (SSSR count). The number of nitrogens with zero attached hydrogens (tertiary/aromatic N) is 2. The molecule has 5 nitrogen and oxygen atoms in total. The first-order chi connectivity index (χ1) is 10.1. The standard InChI is InChI=1S/C14H14FN3O2S/c15-11-8-12(10-16-9-11)21(19,20)18-7-3-6-17-13-4-1-2-5-14(13)18/h1-2,4-5,8-10,17H,3,6-7H2. The highest BCUT2D eigenvalue weighted by molar-refractivity contribution is 7.92. The molecule has 0 radical (unpaired) electrons. The highest BCUT2D eigenvalue weighted by Gasteiger charge is 2.28. The number of benzene rings is 1. The first-order valence-corrected chi connectivity index (χ1v) is 7.99. The summed E-state index contributed by atoms with van der Waals surface area (Å²) in [5.74, 6) is -0.669. The monoisotopic (exact) mass is 307 g/mol. The van der Waals surface area contributed by atoms with E-state index in [1.807, 2.05) is 12.1 Å². The first kappa shape index (κ1) is 13.8. The predicted molar refractivity (Wildman–Crippen MR) is 78.3 cm³/mol. The van der Waals surface area contributed by atoms with Crippen LogP contribution in [-0.4, -0.2) is 26.5 Å². The van der Waals surface area contributed by atoms with E-state index in [4.69, 9.17) is 0 Å². The molecule has 0 amide bonds. The van der Waals surface area contributed by atoms with Gasteiger partial charge >= 0.3 is 0 Å². The van der Waals surface area contributed by atoms with E-state index >= 15 is 0 Å². The molecule has 0 spiro atoms. The number of anilines is 2. The van der Waals surface area contributed by atoms with Crippen molar-refractivity contribution in [1.29, 1.82) is 0 Å². The number of sulfonamides is 1. The third-order valence-corrected chi connectivity index (χ3v) is 5.07. The van der Waals surface area contributed by atoms with Crippen molar-refractivity contribution in [2.75, 3.05) is 22.7 Å². The SMILES string of the molecule is O=S(=O)(c1cncc(F)c1)N1CCCNc2ccccc21. The van der Waals surface area contributed by atoms with Crippen molar-refractivity contribution >= 4 is 21.4 Å². The van der Waals surface area contributed by atoms with Gasteiger partial charge in [-0.2, -0.15) is 0 Å². The second kappa shape index (κ2) is 5.33. The van der Waals surface area contributed by atoms with E-state index in [-0.39, 0.29) is 4.90 Å². The van der Waals surface area contributed by atoms with Crippen LogP contribution in [0.3, 0.4) is 0 Å². The minimum absolute atomic E-state index is 0.140. The zero-order valence-corrected chi connectivity index (χ0v) is 12.0. The number of nitrogens with one attached hydrogen (secondary N) is 1. The van der Waals surface area contributed by atoms with Gasteiger partial charge in [0, 0.05) is 19.3 Å². The third-order valence-electron chi connectivity index (χ3n) is 3.29. The van der Waals surface area contributed by atoms with Gasteiger partial charge < -0.3 is 5.32 Å². The van der Waals surface area contributed by atoms with Gasteiger partial charge in [-0.1, -0.05) is 12.1 Å². The van der Waals surface area contributed by atoms with Crippen molar-refractivity contribution < 1.29 is 12.8 Å². The third kappa shape index (κ3) is 2.56. The van der Waals surface area contributed by atoms with Crippen molar-refractivity contribution in [2.24, 2.45) is 0 Å². The molecule has 1 aliphatic rings. The van der Waals surface area contributed by atoms with Crippen molar-refractivity contribution in [3.63, 3.8) is 0 Å². The maximum Gasteiger partial charge on any atom is 0.266 e. The van der Waals surface area contributed by atoms with Crippen LogP contribution in [0.1, 0.15) is 6.42 Å². The molecule has 0 fully saturated rings. The summed E-state index contributed by atoms with van der Waals surface area (Å²) in [4.78, 5) is 3.49. The van der Waals surface area contributed by atoms with E-state index in [0.717, 1.165) is 18.0 Å². The first-order valence-electron chi connectivity index (χ1n) is 6.55. The summed E-state index contributed by atoms with van der Waals surface area (Å²) < 4.78 is 40.1. The summed E-state index contributed by atoms with van der Waals surface area (Å²) in [5.41, 5.74) is 1.32. The van der Waals surface area contributed by atoms with Crippen molar-refractivity contribution in [2.45, 2.75) is 11.3 Å². The fourth-order valence-electron chi connectivity index (χ4n) is 2.32. The van der Waals surface area contributed by atoms with E-state index in [2.05, 4.69) is 10.3 Å². The molecule has 7 heteroatoms. The van der Waals surface area contributed by atoms with Gasteiger partial charge in [0.1, 0.15) is 10.7 Å². The van der Waals surface area contributed by atoms with Crippen LogP contribution >= 0.6 is 0 Å². The molecule has 21 heavy (non-hydrogen) atoms. The number of para-hydroxylation sites is 2. The number of halogens is 1. The van der Waals surface area contributed by atoms with Crippen LogP contribution in [-0.2, 0) is 10.0 Å². The Morgan fingerprint density at radius 1 is 1.24 bits per heavy atom. The Labute approximate surface area is 122 Å². The van der Waals surface area contributed by atoms with Gasteiger partial charge in [0.25, 0.3) is 10.0 Å². The maximum atomic E-state index is 13.3. The van der Waals surface area contributed by atoms with Gasteiger partial charge in [-0.25, -0.2) is 12.8 Å². The van der Waals surface area contributed by atoms with Gasteiger partial charge in [-0.3, -0.25) is 9.29 Å². The Morgan fingerprint density at radius 3 is 2.86 bits per heavy atom. The zero-order valence-electron chi connectivity index (χ0n) is 11.2. The molecule has 1 aromatic heterocycles.